The topological polar surface area (TPSA) is 63.4 Å². The molecule has 16 heavy (non-hydrogen) atoms. The maximum atomic E-state index is 12.4. The molecule has 1 aliphatic carbocycles. The van der Waals surface area contributed by atoms with Crippen LogP contribution in [0.3, 0.4) is 0 Å². The highest BCUT2D eigenvalue weighted by Crippen LogP contribution is 2.26. The van der Waals surface area contributed by atoms with Crippen molar-refractivity contribution in [3.63, 3.8) is 0 Å². The van der Waals surface area contributed by atoms with Crippen molar-refractivity contribution in [1.82, 2.24) is 4.31 Å². The lowest BCUT2D eigenvalue weighted by Crippen LogP contribution is -2.46. The number of nitrogens with two attached hydrogens (primary N) is 1. The summed E-state index contributed by atoms with van der Waals surface area (Å²) in [6.07, 6.45) is 2.53. The van der Waals surface area contributed by atoms with Gasteiger partial charge < -0.3 is 5.73 Å². The van der Waals surface area contributed by atoms with Crippen LogP contribution in [0.15, 0.2) is 0 Å². The molecule has 0 aliphatic heterocycles. The summed E-state index contributed by atoms with van der Waals surface area (Å²) in [7, 11) is -4.45. The van der Waals surface area contributed by atoms with Gasteiger partial charge in [0.05, 0.1) is 0 Å². The van der Waals surface area contributed by atoms with Crippen molar-refractivity contribution >= 4 is 10.0 Å². The number of nitrogens with zero attached hydrogens (tertiary/aromatic N) is 1. The zero-order valence-electron chi connectivity index (χ0n) is 9.27. The summed E-state index contributed by atoms with van der Waals surface area (Å²) in [6.45, 7) is 1.67. The zero-order chi connectivity index (χ0) is 12.3. The first-order chi connectivity index (χ1) is 7.39. The van der Waals surface area contributed by atoms with E-state index in [1.807, 2.05) is 0 Å². The van der Waals surface area contributed by atoms with Gasteiger partial charge in [0.25, 0.3) is 10.0 Å². The van der Waals surface area contributed by atoms with Gasteiger partial charge >= 0.3 is 5.76 Å². The van der Waals surface area contributed by atoms with Crippen LogP contribution in [0, 0.1) is 0 Å². The average molecular weight is 256 g/mol. The lowest BCUT2D eigenvalue weighted by molar-refractivity contribution is 0.194. The first kappa shape index (κ1) is 13.8. The Balaban J connectivity index is 2.75. The molecule has 0 atom stereocenters. The molecule has 2 N–H and O–H groups in total. The van der Waals surface area contributed by atoms with Crippen molar-refractivity contribution in [2.24, 2.45) is 5.73 Å². The van der Waals surface area contributed by atoms with E-state index >= 15 is 0 Å². The lowest BCUT2D eigenvalue weighted by Gasteiger charge is -2.34. The predicted molar refractivity (Wildman–Crippen MR) is 57.5 cm³/mol. The second-order valence-electron chi connectivity index (χ2n) is 4.08. The van der Waals surface area contributed by atoms with E-state index in [2.05, 4.69) is 0 Å². The van der Waals surface area contributed by atoms with Gasteiger partial charge in [0, 0.05) is 18.6 Å². The van der Waals surface area contributed by atoms with E-state index in [-0.39, 0.29) is 18.6 Å². The van der Waals surface area contributed by atoms with E-state index in [0.717, 1.165) is 4.31 Å². The standard InChI is InChI=1S/C9H18F2N2O2S/c1-2-13(16(14,15)9(10)11)8-5-3-7(12)4-6-8/h7-9H,2-6,12H2,1H3. The summed E-state index contributed by atoms with van der Waals surface area (Å²) in [4.78, 5) is 0. The third kappa shape index (κ3) is 2.89. The van der Waals surface area contributed by atoms with Crippen molar-refractivity contribution in [1.29, 1.82) is 0 Å². The number of hydrogen-bond donors (Lipinski definition) is 1. The predicted octanol–water partition coefficient (Wildman–Crippen LogP) is 1.13. The SMILES string of the molecule is CCN(C1CCC(N)CC1)S(=O)(=O)C(F)F. The molecule has 0 aromatic carbocycles. The van der Waals surface area contributed by atoms with Gasteiger partial charge in [0.15, 0.2) is 0 Å². The smallest absolute Gasteiger partial charge is 0.328 e. The highest BCUT2D eigenvalue weighted by atomic mass is 32.2. The van der Waals surface area contributed by atoms with Gasteiger partial charge in [-0.1, -0.05) is 6.92 Å². The molecule has 0 heterocycles. The van der Waals surface area contributed by atoms with Crippen molar-refractivity contribution < 1.29 is 17.2 Å². The fraction of sp³-hybridized carbons (Fsp3) is 1.00. The molecule has 1 saturated carbocycles. The molecule has 0 amide bonds. The summed E-state index contributed by atoms with van der Waals surface area (Å²) in [5, 5.41) is 0. The fourth-order valence-electron chi connectivity index (χ4n) is 2.14. The maximum Gasteiger partial charge on any atom is 0.350 e. The normalized spacial score (nSPS) is 27.6. The quantitative estimate of drug-likeness (QED) is 0.820. The first-order valence-corrected chi connectivity index (χ1v) is 6.94. The van der Waals surface area contributed by atoms with Crippen LogP contribution in [-0.4, -0.2) is 37.1 Å². The third-order valence-electron chi connectivity index (χ3n) is 3.01. The monoisotopic (exact) mass is 256 g/mol. The molecular formula is C9H18F2N2O2S. The van der Waals surface area contributed by atoms with Gasteiger partial charge in [-0.05, 0) is 25.7 Å². The van der Waals surface area contributed by atoms with Gasteiger partial charge in [-0.25, -0.2) is 8.42 Å². The minimum atomic E-state index is -4.45. The molecule has 1 rings (SSSR count). The maximum absolute atomic E-state index is 12.4. The number of sulfonamides is 1. The van der Waals surface area contributed by atoms with Crippen LogP contribution >= 0.6 is 0 Å². The van der Waals surface area contributed by atoms with E-state index in [9.17, 15) is 17.2 Å². The molecule has 0 saturated heterocycles. The Kier molecular flexibility index (Phi) is 4.63. The Morgan fingerprint density at radius 3 is 2.19 bits per heavy atom. The zero-order valence-corrected chi connectivity index (χ0v) is 10.1. The minimum Gasteiger partial charge on any atom is -0.328 e. The van der Waals surface area contributed by atoms with E-state index in [4.69, 9.17) is 5.73 Å². The Morgan fingerprint density at radius 1 is 1.31 bits per heavy atom. The Labute approximate surface area is 94.8 Å². The van der Waals surface area contributed by atoms with Crippen LogP contribution in [0.1, 0.15) is 32.6 Å². The van der Waals surface area contributed by atoms with Crippen LogP contribution in [-0.2, 0) is 10.0 Å². The molecule has 0 aromatic rings. The number of hydrogen-bond acceptors (Lipinski definition) is 3. The summed E-state index contributed by atoms with van der Waals surface area (Å²) in [5.41, 5.74) is 5.69. The molecular weight excluding hydrogens is 238 g/mol. The number of rotatable bonds is 4. The Morgan fingerprint density at radius 2 is 1.81 bits per heavy atom. The summed E-state index contributed by atoms with van der Waals surface area (Å²) >= 11 is 0. The van der Waals surface area contributed by atoms with E-state index < -0.39 is 15.8 Å². The number of halogens is 2. The van der Waals surface area contributed by atoms with Crippen LogP contribution < -0.4 is 5.73 Å². The van der Waals surface area contributed by atoms with Crippen molar-refractivity contribution in [3.05, 3.63) is 0 Å². The van der Waals surface area contributed by atoms with Crippen LogP contribution in [0.2, 0.25) is 0 Å². The highest BCUT2D eigenvalue weighted by Gasteiger charge is 2.37. The molecule has 1 aliphatic rings. The van der Waals surface area contributed by atoms with E-state index in [0.29, 0.717) is 25.7 Å². The molecule has 0 unspecified atom stereocenters. The number of alkyl halides is 2. The van der Waals surface area contributed by atoms with Crippen molar-refractivity contribution in [2.75, 3.05) is 6.54 Å². The molecule has 96 valence electrons. The Bertz CT molecular complexity index is 313. The van der Waals surface area contributed by atoms with E-state index in [1.165, 1.54) is 0 Å². The van der Waals surface area contributed by atoms with Gasteiger partial charge in [-0.2, -0.15) is 13.1 Å². The largest absolute Gasteiger partial charge is 0.350 e. The molecule has 7 heteroatoms. The van der Waals surface area contributed by atoms with Crippen LogP contribution in [0.25, 0.3) is 0 Å². The molecule has 1 fully saturated rings. The first-order valence-electron chi connectivity index (χ1n) is 5.44. The van der Waals surface area contributed by atoms with Gasteiger partial charge in [-0.15, -0.1) is 0 Å². The van der Waals surface area contributed by atoms with Crippen molar-refractivity contribution in [2.45, 2.75) is 50.4 Å². The summed E-state index contributed by atoms with van der Waals surface area (Å²) in [5.74, 6) is -3.33. The second kappa shape index (κ2) is 5.37. The summed E-state index contributed by atoms with van der Waals surface area (Å²) in [6, 6.07) is -0.243. The highest BCUT2D eigenvalue weighted by molar-refractivity contribution is 7.89. The van der Waals surface area contributed by atoms with Gasteiger partial charge in [0.2, 0.25) is 0 Å². The minimum absolute atomic E-state index is 0.0733. The third-order valence-corrected chi connectivity index (χ3v) is 4.67. The molecule has 0 spiro atoms. The van der Waals surface area contributed by atoms with E-state index in [1.54, 1.807) is 6.92 Å². The molecule has 0 aromatic heterocycles. The molecule has 0 bridgehead atoms. The van der Waals surface area contributed by atoms with Crippen LogP contribution in [0.4, 0.5) is 8.78 Å². The second-order valence-corrected chi connectivity index (χ2v) is 5.93. The Hall–Kier alpha value is -0.270. The molecule has 4 nitrogen and oxygen atoms in total. The van der Waals surface area contributed by atoms with Crippen molar-refractivity contribution in [3.8, 4) is 0 Å². The fourth-order valence-corrected chi connectivity index (χ4v) is 3.33. The van der Waals surface area contributed by atoms with Gasteiger partial charge in [0.1, 0.15) is 0 Å². The van der Waals surface area contributed by atoms with Gasteiger partial charge in [-0.3, -0.25) is 0 Å². The van der Waals surface area contributed by atoms with Crippen LogP contribution in [0.5, 0.6) is 0 Å². The lowest BCUT2D eigenvalue weighted by atomic mass is 9.92. The molecule has 0 radical (unpaired) electrons. The summed E-state index contributed by atoms with van der Waals surface area (Å²) < 4.78 is 48.5. The average Bonchev–Trinajstić information content (AvgIpc) is 2.21.